The fraction of sp³-hybridized carbons (Fsp3) is 0.222. The van der Waals surface area contributed by atoms with Gasteiger partial charge < -0.3 is 11.1 Å². The molecule has 1 aromatic carbocycles. The molecular formula is C9H9F3N2O. The van der Waals surface area contributed by atoms with Crippen molar-refractivity contribution in [2.75, 3.05) is 12.3 Å². The number of nitrogen functional groups attached to an aromatic ring is 1. The molecule has 0 radical (unpaired) electrons. The van der Waals surface area contributed by atoms with E-state index >= 15 is 0 Å². The third kappa shape index (κ3) is 2.87. The lowest BCUT2D eigenvalue weighted by molar-refractivity contribution is 0.0888. The van der Waals surface area contributed by atoms with E-state index < -0.39 is 30.3 Å². The number of carbonyl (C=O) groups excluding carboxylic acids is 1. The van der Waals surface area contributed by atoms with Gasteiger partial charge in [-0.05, 0) is 12.1 Å². The molecule has 3 nitrogen and oxygen atoms in total. The molecule has 0 aliphatic rings. The van der Waals surface area contributed by atoms with E-state index in [4.69, 9.17) is 5.73 Å². The van der Waals surface area contributed by atoms with Gasteiger partial charge in [0.15, 0.2) is 0 Å². The van der Waals surface area contributed by atoms with E-state index in [0.717, 1.165) is 6.07 Å². The van der Waals surface area contributed by atoms with Crippen LogP contribution in [0.5, 0.6) is 0 Å². The van der Waals surface area contributed by atoms with Crippen LogP contribution in [-0.2, 0) is 0 Å². The Kier molecular flexibility index (Phi) is 3.54. The summed E-state index contributed by atoms with van der Waals surface area (Å²) in [5, 5.41) is 1.87. The number of benzene rings is 1. The number of nitrogens with two attached hydrogens (primary N) is 1. The van der Waals surface area contributed by atoms with Gasteiger partial charge in [-0.15, -0.1) is 0 Å². The van der Waals surface area contributed by atoms with E-state index in [1.54, 1.807) is 0 Å². The zero-order valence-corrected chi connectivity index (χ0v) is 7.64. The molecule has 0 saturated carbocycles. The van der Waals surface area contributed by atoms with Crippen LogP contribution in [0.3, 0.4) is 0 Å². The van der Waals surface area contributed by atoms with Crippen LogP contribution >= 0.6 is 0 Å². The summed E-state index contributed by atoms with van der Waals surface area (Å²) in [7, 11) is 0. The number of rotatable bonds is 3. The van der Waals surface area contributed by atoms with Gasteiger partial charge in [0.2, 0.25) is 0 Å². The van der Waals surface area contributed by atoms with Gasteiger partial charge in [0.1, 0.15) is 5.82 Å². The Labute approximate surface area is 84.1 Å². The highest BCUT2D eigenvalue weighted by molar-refractivity contribution is 5.99. The highest BCUT2D eigenvalue weighted by Crippen LogP contribution is 2.15. The average molecular weight is 218 g/mol. The number of hydrogen-bond acceptors (Lipinski definition) is 2. The van der Waals surface area contributed by atoms with Crippen LogP contribution in [0.1, 0.15) is 10.4 Å². The molecular weight excluding hydrogens is 209 g/mol. The molecule has 0 bridgehead atoms. The van der Waals surface area contributed by atoms with E-state index in [1.165, 1.54) is 12.1 Å². The Balaban J connectivity index is 2.82. The number of carbonyl (C=O) groups is 1. The van der Waals surface area contributed by atoms with Crippen molar-refractivity contribution in [2.24, 2.45) is 0 Å². The maximum Gasteiger partial charge on any atom is 0.256 e. The van der Waals surface area contributed by atoms with Crippen molar-refractivity contribution in [3.63, 3.8) is 0 Å². The van der Waals surface area contributed by atoms with Crippen LogP contribution in [0.15, 0.2) is 18.2 Å². The lowest BCUT2D eigenvalue weighted by atomic mass is 10.1. The molecule has 0 spiro atoms. The van der Waals surface area contributed by atoms with Gasteiger partial charge in [0.25, 0.3) is 12.3 Å². The van der Waals surface area contributed by atoms with Crippen molar-refractivity contribution in [1.82, 2.24) is 5.32 Å². The second-order valence-electron chi connectivity index (χ2n) is 2.81. The first-order chi connectivity index (χ1) is 7.02. The van der Waals surface area contributed by atoms with Crippen molar-refractivity contribution in [1.29, 1.82) is 0 Å². The Morgan fingerprint density at radius 3 is 2.67 bits per heavy atom. The van der Waals surface area contributed by atoms with E-state index in [2.05, 4.69) is 0 Å². The normalized spacial score (nSPS) is 10.4. The van der Waals surface area contributed by atoms with Crippen molar-refractivity contribution in [3.05, 3.63) is 29.6 Å². The molecule has 1 aromatic rings. The summed E-state index contributed by atoms with van der Waals surface area (Å²) in [6, 6.07) is 3.68. The summed E-state index contributed by atoms with van der Waals surface area (Å²) in [5.41, 5.74) is 4.85. The van der Waals surface area contributed by atoms with Crippen molar-refractivity contribution in [3.8, 4) is 0 Å². The zero-order chi connectivity index (χ0) is 11.4. The second-order valence-corrected chi connectivity index (χ2v) is 2.81. The van der Waals surface area contributed by atoms with Gasteiger partial charge >= 0.3 is 0 Å². The quantitative estimate of drug-likeness (QED) is 0.753. The van der Waals surface area contributed by atoms with Gasteiger partial charge in [-0.2, -0.15) is 0 Å². The number of amides is 1. The molecule has 0 aliphatic carbocycles. The van der Waals surface area contributed by atoms with Crippen LogP contribution in [0, 0.1) is 5.82 Å². The predicted molar refractivity (Wildman–Crippen MR) is 49.1 cm³/mol. The van der Waals surface area contributed by atoms with Gasteiger partial charge in [-0.1, -0.05) is 6.07 Å². The summed E-state index contributed by atoms with van der Waals surface area (Å²) in [4.78, 5) is 11.2. The predicted octanol–water partition coefficient (Wildman–Crippen LogP) is 1.40. The van der Waals surface area contributed by atoms with E-state index in [-0.39, 0.29) is 5.69 Å². The number of hydrogen-bond donors (Lipinski definition) is 2. The second kappa shape index (κ2) is 4.68. The molecule has 1 rings (SSSR count). The van der Waals surface area contributed by atoms with Gasteiger partial charge in [-0.3, -0.25) is 4.79 Å². The first-order valence-electron chi connectivity index (χ1n) is 4.12. The van der Waals surface area contributed by atoms with Crippen molar-refractivity contribution < 1.29 is 18.0 Å². The lowest BCUT2D eigenvalue weighted by Crippen LogP contribution is -2.29. The Hall–Kier alpha value is -1.72. The molecule has 0 unspecified atom stereocenters. The Bertz CT molecular complexity index is 348. The van der Waals surface area contributed by atoms with Gasteiger partial charge in [0, 0.05) is 5.69 Å². The molecule has 1 amide bonds. The van der Waals surface area contributed by atoms with Crippen molar-refractivity contribution >= 4 is 11.6 Å². The fourth-order valence-corrected chi connectivity index (χ4v) is 1.04. The molecule has 6 heteroatoms. The lowest BCUT2D eigenvalue weighted by Gasteiger charge is -2.07. The average Bonchev–Trinajstić information content (AvgIpc) is 2.14. The molecule has 0 atom stereocenters. The van der Waals surface area contributed by atoms with Crippen LogP contribution in [0.25, 0.3) is 0 Å². The maximum absolute atomic E-state index is 13.1. The summed E-state index contributed by atoms with van der Waals surface area (Å²) in [5.74, 6) is -1.77. The first kappa shape index (κ1) is 11.4. The third-order valence-corrected chi connectivity index (χ3v) is 1.69. The van der Waals surface area contributed by atoms with Crippen LogP contribution in [-0.4, -0.2) is 18.9 Å². The van der Waals surface area contributed by atoms with Gasteiger partial charge in [-0.25, -0.2) is 13.2 Å². The number of alkyl halides is 2. The standard InChI is InChI=1S/C9H9F3N2O/c10-5-2-1-3-6(13)8(5)9(15)14-4-7(11)12/h1-3,7H,4,13H2,(H,14,15). The smallest absolute Gasteiger partial charge is 0.256 e. The molecule has 0 aliphatic heterocycles. The molecule has 3 N–H and O–H groups in total. The minimum atomic E-state index is -2.68. The van der Waals surface area contributed by atoms with Crippen LogP contribution < -0.4 is 11.1 Å². The third-order valence-electron chi connectivity index (χ3n) is 1.69. The molecule has 0 saturated heterocycles. The largest absolute Gasteiger partial charge is 0.398 e. The zero-order valence-electron chi connectivity index (χ0n) is 7.64. The SMILES string of the molecule is Nc1cccc(F)c1C(=O)NCC(F)F. The number of halogens is 3. The molecule has 0 heterocycles. The highest BCUT2D eigenvalue weighted by Gasteiger charge is 2.15. The number of anilines is 1. The summed E-state index contributed by atoms with van der Waals surface area (Å²) in [6.45, 7) is -0.827. The summed E-state index contributed by atoms with van der Waals surface area (Å²) < 4.78 is 36.6. The van der Waals surface area contributed by atoms with Gasteiger partial charge in [0.05, 0.1) is 12.1 Å². The molecule has 0 fully saturated rings. The Morgan fingerprint density at radius 1 is 1.47 bits per heavy atom. The van der Waals surface area contributed by atoms with Crippen LogP contribution in [0.4, 0.5) is 18.9 Å². The first-order valence-corrected chi connectivity index (χ1v) is 4.12. The number of nitrogens with one attached hydrogen (secondary N) is 1. The van der Waals surface area contributed by atoms with Crippen molar-refractivity contribution in [2.45, 2.75) is 6.43 Å². The summed E-state index contributed by atoms with van der Waals surface area (Å²) in [6.07, 6.45) is -2.68. The minimum absolute atomic E-state index is 0.0817. The van der Waals surface area contributed by atoms with E-state index in [1.807, 2.05) is 5.32 Å². The maximum atomic E-state index is 13.1. The monoisotopic (exact) mass is 218 g/mol. The topological polar surface area (TPSA) is 55.1 Å². The minimum Gasteiger partial charge on any atom is -0.398 e. The summed E-state index contributed by atoms with van der Waals surface area (Å²) >= 11 is 0. The molecule has 82 valence electrons. The molecule has 15 heavy (non-hydrogen) atoms. The molecule has 0 aromatic heterocycles. The van der Waals surface area contributed by atoms with E-state index in [0.29, 0.717) is 0 Å². The Morgan fingerprint density at radius 2 is 2.13 bits per heavy atom. The van der Waals surface area contributed by atoms with Crippen LogP contribution in [0.2, 0.25) is 0 Å². The van der Waals surface area contributed by atoms with E-state index in [9.17, 15) is 18.0 Å². The highest BCUT2D eigenvalue weighted by atomic mass is 19.3. The fourth-order valence-electron chi connectivity index (χ4n) is 1.04.